The molecular formula is C26H32ClN9O. The topological polar surface area (TPSA) is 104 Å². The summed E-state index contributed by atoms with van der Waals surface area (Å²) in [4.78, 5) is 31.0. The highest BCUT2D eigenvalue weighted by Crippen LogP contribution is 2.42. The van der Waals surface area contributed by atoms with Gasteiger partial charge in [0.1, 0.15) is 0 Å². The number of amides is 1. The van der Waals surface area contributed by atoms with E-state index in [1.54, 1.807) is 18.6 Å². The first-order valence-corrected chi connectivity index (χ1v) is 13.4. The maximum absolute atomic E-state index is 13.3. The van der Waals surface area contributed by atoms with Crippen molar-refractivity contribution in [2.24, 2.45) is 5.41 Å². The van der Waals surface area contributed by atoms with Crippen molar-refractivity contribution in [1.82, 2.24) is 34.9 Å². The molecule has 0 aromatic carbocycles. The summed E-state index contributed by atoms with van der Waals surface area (Å²) >= 11 is 6.49. The molecule has 6 rings (SSSR count). The lowest BCUT2D eigenvalue weighted by atomic mass is 9.78. The zero-order valence-electron chi connectivity index (χ0n) is 21.0. The molecule has 6 heterocycles. The van der Waals surface area contributed by atoms with Gasteiger partial charge in [0, 0.05) is 18.3 Å². The SMILES string of the molecule is CN1CCC(n2cc(-c3nc(Nc4cncc(N5CCC6(CCNCC6)C5=O)c4)ncc3Cl)cn2)CC1. The van der Waals surface area contributed by atoms with Gasteiger partial charge in [-0.3, -0.25) is 14.5 Å². The predicted molar refractivity (Wildman–Crippen MR) is 143 cm³/mol. The van der Waals surface area contributed by atoms with E-state index in [1.165, 1.54) is 0 Å². The van der Waals surface area contributed by atoms with Gasteiger partial charge in [0.2, 0.25) is 11.9 Å². The van der Waals surface area contributed by atoms with E-state index in [0.717, 1.165) is 69.5 Å². The summed E-state index contributed by atoms with van der Waals surface area (Å²) in [5, 5.41) is 11.7. The average molecular weight is 522 g/mol. The maximum atomic E-state index is 13.3. The van der Waals surface area contributed by atoms with Crippen molar-refractivity contribution in [3.63, 3.8) is 0 Å². The molecule has 194 valence electrons. The summed E-state index contributed by atoms with van der Waals surface area (Å²) in [6.07, 6.45) is 13.7. The highest BCUT2D eigenvalue weighted by atomic mass is 35.5. The number of rotatable bonds is 5. The van der Waals surface area contributed by atoms with Crippen LogP contribution in [0.15, 0.2) is 37.1 Å². The number of anilines is 3. The molecule has 11 heteroatoms. The summed E-state index contributed by atoms with van der Waals surface area (Å²) in [6.45, 7) is 4.64. The lowest BCUT2D eigenvalue weighted by Gasteiger charge is -2.32. The van der Waals surface area contributed by atoms with Gasteiger partial charge >= 0.3 is 0 Å². The van der Waals surface area contributed by atoms with Crippen molar-refractivity contribution in [3.05, 3.63) is 42.1 Å². The Morgan fingerprint density at radius 3 is 2.70 bits per heavy atom. The molecule has 0 bridgehead atoms. The molecular weight excluding hydrogens is 490 g/mol. The average Bonchev–Trinajstić information content (AvgIpc) is 3.52. The number of pyridine rings is 1. The van der Waals surface area contributed by atoms with Gasteiger partial charge in [-0.05, 0) is 71.4 Å². The minimum absolute atomic E-state index is 0.208. The number of nitrogens with zero attached hydrogens (tertiary/aromatic N) is 7. The van der Waals surface area contributed by atoms with E-state index in [1.807, 2.05) is 28.0 Å². The van der Waals surface area contributed by atoms with E-state index in [0.29, 0.717) is 34.9 Å². The van der Waals surface area contributed by atoms with Gasteiger partial charge in [0.05, 0.1) is 58.3 Å². The fraction of sp³-hybridized carbons (Fsp3) is 0.500. The minimum atomic E-state index is -0.235. The van der Waals surface area contributed by atoms with Crippen LogP contribution in [0.5, 0.6) is 0 Å². The summed E-state index contributed by atoms with van der Waals surface area (Å²) in [7, 11) is 2.15. The smallest absolute Gasteiger partial charge is 0.233 e. The zero-order chi connectivity index (χ0) is 25.4. The number of piperidine rings is 2. The molecule has 1 spiro atoms. The number of carbonyl (C=O) groups excluding carboxylic acids is 1. The monoisotopic (exact) mass is 521 g/mol. The Labute approximate surface area is 221 Å². The highest BCUT2D eigenvalue weighted by Gasteiger charge is 2.47. The van der Waals surface area contributed by atoms with Crippen molar-refractivity contribution in [3.8, 4) is 11.3 Å². The van der Waals surface area contributed by atoms with Gasteiger partial charge in [0.25, 0.3) is 0 Å². The molecule has 3 aliphatic heterocycles. The zero-order valence-corrected chi connectivity index (χ0v) is 21.8. The molecule has 0 radical (unpaired) electrons. The molecule has 0 unspecified atom stereocenters. The third-order valence-electron chi connectivity index (χ3n) is 8.05. The third kappa shape index (κ3) is 4.81. The second kappa shape index (κ2) is 10.00. The van der Waals surface area contributed by atoms with Crippen LogP contribution in [0.25, 0.3) is 11.3 Å². The van der Waals surface area contributed by atoms with Crippen molar-refractivity contribution in [2.75, 3.05) is 50.0 Å². The second-order valence-corrected chi connectivity index (χ2v) is 10.8. The van der Waals surface area contributed by atoms with E-state index in [2.05, 4.69) is 42.6 Å². The predicted octanol–water partition coefficient (Wildman–Crippen LogP) is 3.51. The third-order valence-corrected chi connectivity index (χ3v) is 8.32. The largest absolute Gasteiger partial charge is 0.323 e. The first-order valence-electron chi connectivity index (χ1n) is 13.0. The fourth-order valence-corrected chi connectivity index (χ4v) is 5.96. The number of carbonyl (C=O) groups is 1. The summed E-state index contributed by atoms with van der Waals surface area (Å²) in [5.41, 5.74) is 2.76. The van der Waals surface area contributed by atoms with Crippen LogP contribution in [0, 0.1) is 5.41 Å². The minimum Gasteiger partial charge on any atom is -0.323 e. The number of nitrogens with one attached hydrogen (secondary N) is 2. The summed E-state index contributed by atoms with van der Waals surface area (Å²) in [6, 6.07) is 2.31. The molecule has 1 amide bonds. The van der Waals surface area contributed by atoms with E-state index < -0.39 is 0 Å². The Kier molecular flexibility index (Phi) is 6.56. The van der Waals surface area contributed by atoms with Gasteiger partial charge in [-0.15, -0.1) is 0 Å². The standard InChI is InChI=1S/C26H32ClN9O/c1-34-9-2-20(3-10-34)36-17-18(13-31-36)23-22(27)16-30-25(33-23)32-19-12-21(15-29-14-19)35-11-6-26(24(35)37)4-7-28-8-5-26/h12-17,20,28H,2-11H2,1H3,(H,30,32,33). The maximum Gasteiger partial charge on any atom is 0.233 e. The van der Waals surface area contributed by atoms with E-state index in [9.17, 15) is 4.79 Å². The van der Waals surface area contributed by atoms with Gasteiger partial charge in [-0.2, -0.15) is 5.10 Å². The van der Waals surface area contributed by atoms with Crippen molar-refractivity contribution in [2.45, 2.75) is 38.1 Å². The Hall–Kier alpha value is -3.08. The molecule has 0 aliphatic carbocycles. The van der Waals surface area contributed by atoms with Crippen molar-refractivity contribution < 1.29 is 4.79 Å². The fourth-order valence-electron chi connectivity index (χ4n) is 5.76. The second-order valence-electron chi connectivity index (χ2n) is 10.4. The molecule has 3 fully saturated rings. The van der Waals surface area contributed by atoms with Crippen molar-refractivity contribution >= 4 is 34.8 Å². The van der Waals surface area contributed by atoms with Crippen LogP contribution in [0.2, 0.25) is 5.02 Å². The molecule has 3 saturated heterocycles. The number of halogens is 1. The molecule has 37 heavy (non-hydrogen) atoms. The number of hydrogen-bond donors (Lipinski definition) is 2. The molecule has 0 atom stereocenters. The Morgan fingerprint density at radius 2 is 1.89 bits per heavy atom. The van der Waals surface area contributed by atoms with Crippen LogP contribution in [0.3, 0.4) is 0 Å². The molecule has 3 aliphatic rings. The first-order chi connectivity index (χ1) is 18.0. The van der Waals surface area contributed by atoms with E-state index in [-0.39, 0.29) is 11.3 Å². The van der Waals surface area contributed by atoms with Crippen LogP contribution in [-0.2, 0) is 4.79 Å². The lowest BCUT2D eigenvalue weighted by Crippen LogP contribution is -2.42. The van der Waals surface area contributed by atoms with Gasteiger partial charge < -0.3 is 20.4 Å². The molecule has 3 aromatic heterocycles. The number of likely N-dealkylation sites (tertiary alicyclic amines) is 1. The van der Waals surface area contributed by atoms with Crippen LogP contribution in [0.4, 0.5) is 17.3 Å². The van der Waals surface area contributed by atoms with Crippen LogP contribution in [-0.4, -0.2) is 75.3 Å². The van der Waals surface area contributed by atoms with Gasteiger partial charge in [0.15, 0.2) is 0 Å². The van der Waals surface area contributed by atoms with Gasteiger partial charge in [-0.1, -0.05) is 11.6 Å². The van der Waals surface area contributed by atoms with Crippen molar-refractivity contribution in [1.29, 1.82) is 0 Å². The highest BCUT2D eigenvalue weighted by molar-refractivity contribution is 6.32. The Bertz CT molecular complexity index is 1280. The molecule has 3 aromatic rings. The van der Waals surface area contributed by atoms with Crippen LogP contribution >= 0.6 is 11.6 Å². The Morgan fingerprint density at radius 1 is 1.08 bits per heavy atom. The number of aromatic nitrogens is 5. The lowest BCUT2D eigenvalue weighted by molar-refractivity contribution is -0.126. The molecule has 2 N–H and O–H groups in total. The normalized spacial score (nSPS) is 20.6. The van der Waals surface area contributed by atoms with Crippen LogP contribution in [0.1, 0.15) is 38.1 Å². The number of hydrogen-bond acceptors (Lipinski definition) is 8. The quantitative estimate of drug-likeness (QED) is 0.525. The molecule has 0 saturated carbocycles. The summed E-state index contributed by atoms with van der Waals surface area (Å²) in [5.74, 6) is 0.618. The van der Waals surface area contributed by atoms with Gasteiger partial charge in [-0.25, -0.2) is 9.97 Å². The Balaban J connectivity index is 1.19. The van der Waals surface area contributed by atoms with Crippen LogP contribution < -0.4 is 15.5 Å². The van der Waals surface area contributed by atoms with E-state index >= 15 is 0 Å². The first kappa shape index (κ1) is 24.3. The molecule has 10 nitrogen and oxygen atoms in total. The van der Waals surface area contributed by atoms with E-state index in [4.69, 9.17) is 11.6 Å². The summed E-state index contributed by atoms with van der Waals surface area (Å²) < 4.78 is 2.03.